The number of rotatable bonds is 2. The van der Waals surface area contributed by atoms with E-state index in [0.717, 1.165) is 8.95 Å². The highest BCUT2D eigenvalue weighted by atomic mass is 79.9. The normalized spacial score (nSPS) is 18.4. The number of nitrogens with one attached hydrogen (secondary N) is 1. The Labute approximate surface area is 127 Å². The first-order valence-corrected chi connectivity index (χ1v) is 7.33. The van der Waals surface area contributed by atoms with Gasteiger partial charge in [0.15, 0.2) is 0 Å². The van der Waals surface area contributed by atoms with Crippen molar-refractivity contribution in [2.45, 2.75) is 18.9 Å². The van der Waals surface area contributed by atoms with E-state index in [2.05, 4.69) is 37.2 Å². The van der Waals surface area contributed by atoms with Crippen LogP contribution in [0.4, 0.5) is 10.5 Å². The fourth-order valence-corrected chi connectivity index (χ4v) is 2.75. The Bertz CT molecular complexity index is 522. The summed E-state index contributed by atoms with van der Waals surface area (Å²) in [6.45, 7) is 0.467. The number of urea groups is 1. The third kappa shape index (κ3) is 3.27. The zero-order chi connectivity index (χ0) is 14.0. The average molecular weight is 392 g/mol. The molecule has 2 rings (SSSR count). The van der Waals surface area contributed by atoms with Gasteiger partial charge in [-0.3, -0.25) is 0 Å². The molecule has 2 amide bonds. The van der Waals surface area contributed by atoms with E-state index < -0.39 is 12.0 Å². The number of likely N-dealkylation sites (tertiary alicyclic amines) is 1. The molecule has 1 atom stereocenters. The van der Waals surface area contributed by atoms with Crippen molar-refractivity contribution in [3.63, 3.8) is 0 Å². The average Bonchev–Trinajstić information content (AvgIpc) is 2.83. The number of aliphatic carboxylic acids is 1. The Morgan fingerprint density at radius 1 is 1.37 bits per heavy atom. The Morgan fingerprint density at radius 3 is 2.79 bits per heavy atom. The maximum absolute atomic E-state index is 12.1. The van der Waals surface area contributed by atoms with Crippen LogP contribution < -0.4 is 5.32 Å². The standard InChI is InChI=1S/C12H12Br2N2O3/c13-7-3-4-8(14)9(6-7)15-12(19)16-5-1-2-10(16)11(17)18/h3-4,6,10H,1-2,5H2,(H,15,19)(H,17,18)/t10-/m1/s1. The van der Waals surface area contributed by atoms with Gasteiger partial charge in [0.1, 0.15) is 6.04 Å². The Hall–Kier alpha value is -1.08. The van der Waals surface area contributed by atoms with Gasteiger partial charge in [-0.1, -0.05) is 15.9 Å². The van der Waals surface area contributed by atoms with Gasteiger partial charge in [0.2, 0.25) is 0 Å². The van der Waals surface area contributed by atoms with E-state index in [1.54, 1.807) is 12.1 Å². The molecule has 1 heterocycles. The van der Waals surface area contributed by atoms with Crippen LogP contribution in [0, 0.1) is 0 Å². The molecule has 0 radical (unpaired) electrons. The second-order valence-electron chi connectivity index (χ2n) is 4.24. The molecule has 0 aromatic heterocycles. The molecule has 0 bridgehead atoms. The highest BCUT2D eigenvalue weighted by Crippen LogP contribution is 2.27. The van der Waals surface area contributed by atoms with Gasteiger partial charge in [-0.15, -0.1) is 0 Å². The molecule has 19 heavy (non-hydrogen) atoms. The van der Waals surface area contributed by atoms with E-state index in [0.29, 0.717) is 25.1 Å². The van der Waals surface area contributed by atoms with Gasteiger partial charge < -0.3 is 15.3 Å². The van der Waals surface area contributed by atoms with Gasteiger partial charge in [0.25, 0.3) is 0 Å². The second kappa shape index (κ2) is 5.92. The van der Waals surface area contributed by atoms with Crippen LogP contribution in [0.5, 0.6) is 0 Å². The maximum Gasteiger partial charge on any atom is 0.326 e. The Balaban J connectivity index is 2.12. The molecule has 2 N–H and O–H groups in total. The van der Waals surface area contributed by atoms with E-state index in [1.807, 2.05) is 6.07 Å². The van der Waals surface area contributed by atoms with Crippen molar-refractivity contribution in [3.05, 3.63) is 27.1 Å². The first kappa shape index (κ1) is 14.3. The van der Waals surface area contributed by atoms with Crippen LogP contribution in [0.15, 0.2) is 27.1 Å². The van der Waals surface area contributed by atoms with Gasteiger partial charge in [-0.2, -0.15) is 0 Å². The maximum atomic E-state index is 12.1. The Kier molecular flexibility index (Phi) is 4.46. The number of anilines is 1. The van der Waals surface area contributed by atoms with Crippen LogP contribution in [0.2, 0.25) is 0 Å². The highest BCUT2D eigenvalue weighted by molar-refractivity contribution is 9.11. The Morgan fingerprint density at radius 2 is 2.11 bits per heavy atom. The molecule has 102 valence electrons. The van der Waals surface area contributed by atoms with Crippen LogP contribution in [0.25, 0.3) is 0 Å². The summed E-state index contributed by atoms with van der Waals surface area (Å²) in [5.41, 5.74) is 0.607. The van der Waals surface area contributed by atoms with E-state index in [-0.39, 0.29) is 6.03 Å². The molecule has 0 aliphatic carbocycles. The van der Waals surface area contributed by atoms with Crippen LogP contribution in [0.1, 0.15) is 12.8 Å². The van der Waals surface area contributed by atoms with E-state index in [9.17, 15) is 9.59 Å². The van der Waals surface area contributed by atoms with Gasteiger partial charge in [-0.25, -0.2) is 9.59 Å². The molecule has 5 nitrogen and oxygen atoms in total. The fourth-order valence-electron chi connectivity index (χ4n) is 2.05. The molecular weight excluding hydrogens is 380 g/mol. The van der Waals surface area contributed by atoms with Crippen LogP contribution in [0.3, 0.4) is 0 Å². The molecule has 7 heteroatoms. The first-order valence-electron chi connectivity index (χ1n) is 5.74. The zero-order valence-electron chi connectivity index (χ0n) is 9.90. The number of benzene rings is 1. The second-order valence-corrected chi connectivity index (χ2v) is 6.01. The molecule has 1 aromatic carbocycles. The first-order chi connectivity index (χ1) is 8.99. The van der Waals surface area contributed by atoms with Crippen molar-refractivity contribution in [3.8, 4) is 0 Å². The summed E-state index contributed by atoms with van der Waals surface area (Å²) in [4.78, 5) is 24.5. The molecule has 0 unspecified atom stereocenters. The topological polar surface area (TPSA) is 69.6 Å². The number of amides is 2. The molecule has 1 aromatic rings. The minimum atomic E-state index is -0.957. The van der Waals surface area contributed by atoms with E-state index >= 15 is 0 Å². The summed E-state index contributed by atoms with van der Waals surface area (Å²) in [7, 11) is 0. The van der Waals surface area contributed by atoms with Crippen molar-refractivity contribution in [2.75, 3.05) is 11.9 Å². The van der Waals surface area contributed by atoms with Crippen molar-refractivity contribution in [2.24, 2.45) is 0 Å². The zero-order valence-corrected chi connectivity index (χ0v) is 13.1. The van der Waals surface area contributed by atoms with E-state index in [1.165, 1.54) is 4.90 Å². The van der Waals surface area contributed by atoms with Crippen molar-refractivity contribution < 1.29 is 14.7 Å². The summed E-state index contributed by atoms with van der Waals surface area (Å²) in [6.07, 6.45) is 1.21. The smallest absolute Gasteiger partial charge is 0.326 e. The van der Waals surface area contributed by atoms with Gasteiger partial charge in [0.05, 0.1) is 5.69 Å². The summed E-state index contributed by atoms with van der Waals surface area (Å²) in [5.74, 6) is -0.957. The van der Waals surface area contributed by atoms with Gasteiger partial charge in [-0.05, 0) is 47.0 Å². The number of hydrogen-bond acceptors (Lipinski definition) is 2. The number of nitrogens with zero attached hydrogens (tertiary/aromatic N) is 1. The van der Waals surface area contributed by atoms with Crippen molar-refractivity contribution >= 4 is 49.5 Å². The summed E-state index contributed by atoms with van der Waals surface area (Å²) in [6, 6.07) is 4.29. The van der Waals surface area contributed by atoms with Crippen molar-refractivity contribution in [1.82, 2.24) is 4.90 Å². The minimum absolute atomic E-state index is 0.385. The number of carbonyl (C=O) groups excluding carboxylic acids is 1. The molecule has 0 saturated carbocycles. The summed E-state index contributed by atoms with van der Waals surface area (Å²) >= 11 is 6.67. The predicted molar refractivity (Wildman–Crippen MR) is 78.2 cm³/mol. The number of carbonyl (C=O) groups is 2. The monoisotopic (exact) mass is 390 g/mol. The fraction of sp³-hybridized carbons (Fsp3) is 0.333. The number of carboxylic acid groups (broad SMARTS) is 1. The van der Waals surface area contributed by atoms with E-state index in [4.69, 9.17) is 5.11 Å². The van der Waals surface area contributed by atoms with Crippen LogP contribution in [-0.4, -0.2) is 34.6 Å². The summed E-state index contributed by atoms with van der Waals surface area (Å²) in [5, 5.41) is 11.8. The van der Waals surface area contributed by atoms with Gasteiger partial charge >= 0.3 is 12.0 Å². The molecular formula is C12H12Br2N2O3. The lowest BCUT2D eigenvalue weighted by Gasteiger charge is -2.22. The number of halogens is 2. The largest absolute Gasteiger partial charge is 0.480 e. The lowest BCUT2D eigenvalue weighted by molar-refractivity contribution is -0.141. The summed E-state index contributed by atoms with van der Waals surface area (Å²) < 4.78 is 1.58. The molecule has 1 aliphatic heterocycles. The molecule has 1 fully saturated rings. The quantitative estimate of drug-likeness (QED) is 0.812. The molecule has 1 aliphatic rings. The third-order valence-electron chi connectivity index (χ3n) is 2.97. The minimum Gasteiger partial charge on any atom is -0.480 e. The van der Waals surface area contributed by atoms with Crippen LogP contribution >= 0.6 is 31.9 Å². The lowest BCUT2D eigenvalue weighted by atomic mass is 10.2. The SMILES string of the molecule is O=C(O)[C@H]1CCCN1C(=O)Nc1cc(Br)ccc1Br. The predicted octanol–water partition coefficient (Wildman–Crippen LogP) is 3.29. The number of carboxylic acids is 1. The third-order valence-corrected chi connectivity index (χ3v) is 4.15. The molecule has 1 saturated heterocycles. The number of hydrogen-bond donors (Lipinski definition) is 2. The molecule has 0 spiro atoms. The van der Waals surface area contributed by atoms with Crippen molar-refractivity contribution in [1.29, 1.82) is 0 Å². The van der Waals surface area contributed by atoms with Crippen LogP contribution in [-0.2, 0) is 4.79 Å². The van der Waals surface area contributed by atoms with Gasteiger partial charge in [0, 0.05) is 15.5 Å². The highest BCUT2D eigenvalue weighted by Gasteiger charge is 2.34. The lowest BCUT2D eigenvalue weighted by Crippen LogP contribution is -2.42.